The summed E-state index contributed by atoms with van der Waals surface area (Å²) in [4.78, 5) is 51.1. The van der Waals surface area contributed by atoms with E-state index in [4.69, 9.17) is 61.8 Å². The quantitative estimate of drug-likeness (QED) is 0.0304. The molecule has 18 heteroatoms. The number of phenolic OH excluding ortho intramolecular Hbond substituents is 1. The van der Waals surface area contributed by atoms with Crippen molar-refractivity contribution < 1.29 is 71.3 Å². The van der Waals surface area contributed by atoms with Gasteiger partial charge in [0.25, 0.3) is 0 Å². The SMILES string of the molecule is CCc1c(-c2ccc(OCCOCCOCCOCCOCCOCCOc3ccc(C)c4nc(-c5oc6ccccc6c5C)cc(C(=O)OC)c34)cc2)cnc(N(C(=O)OC(C)(C)C)C(=O)OC(C)(C)C)c1-c1ccc(O)cc1. The molecule has 3 aromatic heterocycles. The fraction of sp³-hybridized carbons (Fsp3) is 0.403. The molecule has 0 aliphatic carbocycles. The summed E-state index contributed by atoms with van der Waals surface area (Å²) in [5.41, 5.74) is 5.74. The zero-order valence-corrected chi connectivity index (χ0v) is 47.4. The highest BCUT2D eigenvalue weighted by Crippen LogP contribution is 2.41. The van der Waals surface area contributed by atoms with Crippen LogP contribution < -0.4 is 14.4 Å². The molecule has 0 bridgehead atoms. The van der Waals surface area contributed by atoms with E-state index in [1.807, 2.05) is 81.4 Å². The summed E-state index contributed by atoms with van der Waals surface area (Å²) < 4.78 is 63.2. The number of furan rings is 1. The number of amides is 2. The standard InChI is InChI=1S/C62H73N3O15/c1-11-46-49(39-63-57(53(46)43-17-21-44(66)22-18-43)65(59(68)79-61(4,5)6)60(69)80-62(7,8)9)42-19-23-45(24-20-42)76-36-34-74-32-30-72-28-26-71-27-29-73-31-33-75-35-37-77-52-25-16-40(2)55-54(52)48(58(67)70-10)38-50(64-55)56-41(3)47-14-12-13-15-51(47)78-56/h12-25,38-39,66H,11,26-37H2,1-10H3. The summed E-state index contributed by atoms with van der Waals surface area (Å²) in [6.07, 6.45) is 0.260. The number of anilines is 1. The van der Waals surface area contributed by atoms with Crippen molar-refractivity contribution in [1.29, 1.82) is 0 Å². The Kier molecular flexibility index (Phi) is 21.0. The lowest BCUT2D eigenvalue weighted by Crippen LogP contribution is -2.44. The Morgan fingerprint density at radius 2 is 1.19 bits per heavy atom. The lowest BCUT2D eigenvalue weighted by atomic mass is 9.91. The van der Waals surface area contributed by atoms with Crippen LogP contribution in [0.25, 0.3) is 55.6 Å². The van der Waals surface area contributed by atoms with Gasteiger partial charge in [0.2, 0.25) is 0 Å². The van der Waals surface area contributed by atoms with E-state index < -0.39 is 29.4 Å². The van der Waals surface area contributed by atoms with Crippen molar-refractivity contribution in [3.05, 3.63) is 119 Å². The highest BCUT2D eigenvalue weighted by Gasteiger charge is 2.36. The van der Waals surface area contributed by atoms with Crippen molar-refractivity contribution in [1.82, 2.24) is 9.97 Å². The van der Waals surface area contributed by atoms with E-state index in [2.05, 4.69) is 0 Å². The number of ether oxygens (including phenoxy) is 10. The highest BCUT2D eigenvalue weighted by molar-refractivity contribution is 6.12. The van der Waals surface area contributed by atoms with Crippen LogP contribution in [0.1, 0.15) is 75.5 Å². The van der Waals surface area contributed by atoms with Crippen LogP contribution in [-0.2, 0) is 44.3 Å². The number of carbonyl (C=O) groups is 3. The molecule has 0 spiro atoms. The highest BCUT2D eigenvalue weighted by atomic mass is 16.6. The van der Waals surface area contributed by atoms with Gasteiger partial charge in [-0.3, -0.25) is 0 Å². The van der Waals surface area contributed by atoms with E-state index in [1.54, 1.807) is 65.9 Å². The second kappa shape index (κ2) is 28.0. The average molecular weight is 1100 g/mol. The van der Waals surface area contributed by atoms with Crippen LogP contribution in [0.3, 0.4) is 0 Å². The molecule has 1 N–H and O–H groups in total. The van der Waals surface area contributed by atoms with Gasteiger partial charge in [0, 0.05) is 28.3 Å². The molecule has 0 aliphatic heterocycles. The number of methoxy groups -OCH3 is 1. The topological polar surface area (TPSA) is 206 Å². The normalized spacial score (nSPS) is 11.7. The predicted molar refractivity (Wildman–Crippen MR) is 304 cm³/mol. The van der Waals surface area contributed by atoms with Gasteiger partial charge in [-0.1, -0.05) is 55.5 Å². The molecular formula is C62H73N3O15. The van der Waals surface area contributed by atoms with Crippen LogP contribution in [0, 0.1) is 13.8 Å². The fourth-order valence-corrected chi connectivity index (χ4v) is 8.63. The number of phenols is 1. The number of aromatic nitrogens is 2. The first-order valence-electron chi connectivity index (χ1n) is 26.7. The second-order valence-corrected chi connectivity index (χ2v) is 20.5. The Morgan fingerprint density at radius 3 is 1.73 bits per heavy atom. The molecule has 0 atom stereocenters. The summed E-state index contributed by atoms with van der Waals surface area (Å²) in [6.45, 7) is 20.5. The summed E-state index contributed by atoms with van der Waals surface area (Å²) in [6, 6.07) is 27.2. The monoisotopic (exact) mass is 1100 g/mol. The van der Waals surface area contributed by atoms with Crippen LogP contribution in [0.4, 0.5) is 15.4 Å². The molecule has 7 rings (SSSR count). The predicted octanol–water partition coefficient (Wildman–Crippen LogP) is 12.3. The van der Waals surface area contributed by atoms with E-state index in [-0.39, 0.29) is 18.2 Å². The Hall–Kier alpha value is -7.61. The Labute approximate surface area is 467 Å². The van der Waals surface area contributed by atoms with Crippen LogP contribution in [0.15, 0.2) is 102 Å². The maximum atomic E-state index is 13.8. The summed E-state index contributed by atoms with van der Waals surface area (Å²) in [5.74, 6) is 1.32. The van der Waals surface area contributed by atoms with Gasteiger partial charge in [-0.15, -0.1) is 0 Å². The number of benzene rings is 4. The number of rotatable bonds is 26. The molecule has 0 saturated heterocycles. The minimum atomic E-state index is -0.936. The zero-order chi connectivity index (χ0) is 57.4. The van der Waals surface area contributed by atoms with Gasteiger partial charge in [0.1, 0.15) is 52.9 Å². The molecule has 4 aromatic carbocycles. The number of esters is 1. The fourth-order valence-electron chi connectivity index (χ4n) is 8.63. The Bertz CT molecular complexity index is 3170. The van der Waals surface area contributed by atoms with Crippen molar-refractivity contribution in [3.8, 4) is 51.0 Å². The van der Waals surface area contributed by atoms with Crippen LogP contribution >= 0.6 is 0 Å². The van der Waals surface area contributed by atoms with Crippen molar-refractivity contribution in [2.45, 2.75) is 79.9 Å². The van der Waals surface area contributed by atoms with Gasteiger partial charge in [0.05, 0.1) is 89.6 Å². The molecule has 7 aromatic rings. The first-order valence-corrected chi connectivity index (χ1v) is 26.7. The molecular weight excluding hydrogens is 1030 g/mol. The number of imide groups is 1. The number of pyridine rings is 2. The number of aryl methyl sites for hydroxylation is 2. The molecule has 0 unspecified atom stereocenters. The van der Waals surface area contributed by atoms with Gasteiger partial charge < -0.3 is 56.9 Å². The number of nitrogens with zero attached hydrogens (tertiary/aromatic N) is 3. The van der Waals surface area contributed by atoms with Crippen molar-refractivity contribution in [2.24, 2.45) is 0 Å². The number of hydrogen-bond acceptors (Lipinski definition) is 17. The largest absolute Gasteiger partial charge is 0.508 e. The van der Waals surface area contributed by atoms with Crippen molar-refractivity contribution in [2.75, 3.05) is 91.3 Å². The molecule has 18 nitrogen and oxygen atoms in total. The smallest absolute Gasteiger partial charge is 0.425 e. The number of fused-ring (bicyclic) bond motifs is 2. The molecule has 80 heavy (non-hydrogen) atoms. The van der Waals surface area contributed by atoms with Gasteiger partial charge in [-0.2, -0.15) is 4.90 Å². The Balaban J connectivity index is 0.780. The molecule has 426 valence electrons. The van der Waals surface area contributed by atoms with Gasteiger partial charge >= 0.3 is 18.2 Å². The minimum Gasteiger partial charge on any atom is -0.508 e. The Morgan fingerprint density at radius 1 is 0.650 bits per heavy atom. The van der Waals surface area contributed by atoms with E-state index in [1.165, 1.54) is 19.2 Å². The van der Waals surface area contributed by atoms with E-state index in [9.17, 15) is 19.5 Å². The second-order valence-electron chi connectivity index (χ2n) is 20.5. The third-order valence-corrected chi connectivity index (χ3v) is 12.3. The number of para-hydroxylation sites is 1. The molecule has 3 heterocycles. The lowest BCUT2D eigenvalue weighted by Gasteiger charge is -2.30. The minimum absolute atomic E-state index is 0.0392. The molecule has 0 aliphatic rings. The first-order chi connectivity index (χ1) is 38.4. The molecule has 0 saturated carbocycles. The van der Waals surface area contributed by atoms with Crippen LogP contribution in [-0.4, -0.2) is 131 Å². The number of hydrogen-bond donors (Lipinski definition) is 1. The van der Waals surface area contributed by atoms with Crippen LogP contribution in [0.5, 0.6) is 17.2 Å². The molecule has 0 radical (unpaired) electrons. The summed E-state index contributed by atoms with van der Waals surface area (Å²) >= 11 is 0. The third-order valence-electron chi connectivity index (χ3n) is 12.3. The first kappa shape index (κ1) is 60.0. The summed E-state index contributed by atoms with van der Waals surface area (Å²) in [7, 11) is 1.35. The lowest BCUT2D eigenvalue weighted by molar-refractivity contribution is -0.0141. The number of carbonyl (C=O) groups excluding carboxylic acids is 3. The molecule has 0 fully saturated rings. The van der Waals surface area contributed by atoms with Crippen molar-refractivity contribution >= 4 is 45.8 Å². The average Bonchev–Trinajstić information content (AvgIpc) is 3.92. The van der Waals surface area contributed by atoms with Crippen LogP contribution in [0.2, 0.25) is 0 Å². The maximum absolute atomic E-state index is 13.8. The van der Waals surface area contributed by atoms with E-state index in [0.717, 1.165) is 43.7 Å². The molecule has 2 amide bonds. The maximum Gasteiger partial charge on any atom is 0.425 e. The zero-order valence-electron chi connectivity index (χ0n) is 47.4. The van der Waals surface area contributed by atoms with Gasteiger partial charge in [0.15, 0.2) is 11.6 Å². The van der Waals surface area contributed by atoms with Crippen molar-refractivity contribution in [3.63, 3.8) is 0 Å². The van der Waals surface area contributed by atoms with E-state index >= 15 is 0 Å². The third kappa shape index (κ3) is 16.0. The summed E-state index contributed by atoms with van der Waals surface area (Å²) in [5, 5.41) is 11.7. The van der Waals surface area contributed by atoms with E-state index in [0.29, 0.717) is 130 Å². The number of aromatic hydroxyl groups is 1. The van der Waals surface area contributed by atoms with Gasteiger partial charge in [-0.25, -0.2) is 24.4 Å². The van der Waals surface area contributed by atoms with Gasteiger partial charge in [-0.05, 0) is 127 Å².